The van der Waals surface area contributed by atoms with Crippen molar-refractivity contribution in [3.63, 3.8) is 0 Å². The summed E-state index contributed by atoms with van der Waals surface area (Å²) in [5.41, 5.74) is 2.37. The number of nitrogens with one attached hydrogen (secondary N) is 3. The molecule has 0 saturated carbocycles. The predicted octanol–water partition coefficient (Wildman–Crippen LogP) is 3.12. The summed E-state index contributed by atoms with van der Waals surface area (Å²) in [6.45, 7) is 2.48. The molecule has 0 aliphatic carbocycles. The van der Waals surface area contributed by atoms with Crippen molar-refractivity contribution in [1.82, 2.24) is 15.3 Å². The molecule has 0 unspecified atom stereocenters. The first-order valence-corrected chi connectivity index (χ1v) is 7.59. The Morgan fingerprint density at radius 3 is 2.75 bits per heavy atom. The molecule has 0 aliphatic rings. The van der Waals surface area contributed by atoms with Crippen LogP contribution in [0.2, 0.25) is 0 Å². The molecule has 1 heterocycles. The third-order valence-corrected chi connectivity index (χ3v) is 3.29. The van der Waals surface area contributed by atoms with E-state index < -0.39 is 0 Å². The summed E-state index contributed by atoms with van der Waals surface area (Å²) in [5.74, 6) is 1.23. The summed E-state index contributed by atoms with van der Waals surface area (Å²) < 4.78 is 11.0. The Bertz CT molecular complexity index is 831. The molecule has 0 fully saturated rings. The molecule has 0 aliphatic heterocycles. The molecule has 0 spiro atoms. The summed E-state index contributed by atoms with van der Waals surface area (Å²) in [5, 5.41) is 5.38. The van der Waals surface area contributed by atoms with Gasteiger partial charge in [0.1, 0.15) is 0 Å². The average Bonchev–Trinajstić information content (AvgIpc) is 3.04. The van der Waals surface area contributed by atoms with Crippen LogP contribution in [0.4, 0.5) is 10.5 Å². The monoisotopic (exact) mass is 326 g/mol. The Balaban J connectivity index is 1.52. The van der Waals surface area contributed by atoms with Gasteiger partial charge in [0, 0.05) is 5.69 Å². The maximum atomic E-state index is 11.9. The van der Waals surface area contributed by atoms with Crippen molar-refractivity contribution in [3.8, 4) is 11.5 Å². The Hall–Kier alpha value is -3.22. The second-order valence-corrected chi connectivity index (χ2v) is 4.93. The zero-order valence-electron chi connectivity index (χ0n) is 13.2. The van der Waals surface area contributed by atoms with Crippen LogP contribution < -0.4 is 20.1 Å². The molecule has 124 valence electrons. The molecule has 3 aromatic rings. The number of hydrogen-bond donors (Lipinski definition) is 3. The number of ether oxygens (including phenoxy) is 2. The van der Waals surface area contributed by atoms with Gasteiger partial charge < -0.3 is 25.1 Å². The molecule has 1 aromatic heterocycles. The lowest BCUT2D eigenvalue weighted by Crippen LogP contribution is -2.32. The predicted molar refractivity (Wildman–Crippen MR) is 91.4 cm³/mol. The molecule has 2 amide bonds. The Labute approximate surface area is 139 Å². The minimum absolute atomic E-state index is 0.0300. The van der Waals surface area contributed by atoms with Crippen molar-refractivity contribution in [2.45, 2.75) is 6.92 Å². The van der Waals surface area contributed by atoms with E-state index >= 15 is 0 Å². The van der Waals surface area contributed by atoms with E-state index in [1.807, 2.05) is 37.3 Å². The van der Waals surface area contributed by atoms with Gasteiger partial charge in [0.25, 0.3) is 0 Å². The van der Waals surface area contributed by atoms with Gasteiger partial charge in [0.2, 0.25) is 0 Å². The van der Waals surface area contributed by atoms with Crippen LogP contribution >= 0.6 is 0 Å². The fourth-order valence-corrected chi connectivity index (χ4v) is 2.21. The van der Waals surface area contributed by atoms with Crippen LogP contribution in [-0.2, 0) is 0 Å². The van der Waals surface area contributed by atoms with E-state index in [-0.39, 0.29) is 12.8 Å². The molecular weight excluding hydrogens is 308 g/mol. The summed E-state index contributed by atoms with van der Waals surface area (Å²) in [6.07, 6.45) is 1.61. The van der Waals surface area contributed by atoms with Gasteiger partial charge in [-0.3, -0.25) is 0 Å². The molecule has 7 heteroatoms. The molecule has 0 atom stereocenters. The quantitative estimate of drug-likeness (QED) is 0.607. The maximum Gasteiger partial charge on any atom is 0.321 e. The average molecular weight is 326 g/mol. The number of benzene rings is 2. The van der Waals surface area contributed by atoms with Crippen molar-refractivity contribution >= 4 is 22.8 Å². The van der Waals surface area contributed by atoms with Gasteiger partial charge in [-0.05, 0) is 37.3 Å². The van der Waals surface area contributed by atoms with E-state index in [4.69, 9.17) is 9.47 Å². The number of H-pyrrole nitrogens is 1. The van der Waals surface area contributed by atoms with Gasteiger partial charge in [-0.1, -0.05) is 12.1 Å². The normalized spacial score (nSPS) is 10.4. The number of nitrogens with zero attached hydrogens (tertiary/aromatic N) is 1. The van der Waals surface area contributed by atoms with Crippen LogP contribution in [0.1, 0.15) is 6.92 Å². The largest absolute Gasteiger partial charge is 0.490 e. The summed E-state index contributed by atoms with van der Waals surface area (Å²) in [4.78, 5) is 19.1. The molecule has 24 heavy (non-hydrogen) atoms. The lowest BCUT2D eigenvalue weighted by Gasteiger charge is -2.12. The minimum Gasteiger partial charge on any atom is -0.490 e. The number of carbonyl (C=O) groups excluding carboxylic acids is 1. The smallest absolute Gasteiger partial charge is 0.321 e. The standard InChI is InChI=1S/C17H18N4O3/c1-2-23-15-5-3-4-6-16(15)24-11-20-17(22)21-12-7-8-13-14(9-12)19-10-18-13/h3-10H,2,11H2,1H3,(H,18,19)(H2,20,21,22). The second-order valence-electron chi connectivity index (χ2n) is 4.93. The second kappa shape index (κ2) is 7.36. The number of fused-ring (bicyclic) bond motifs is 1. The van der Waals surface area contributed by atoms with E-state index in [9.17, 15) is 4.79 Å². The highest BCUT2D eigenvalue weighted by Crippen LogP contribution is 2.25. The first-order chi connectivity index (χ1) is 11.8. The van der Waals surface area contributed by atoms with Crippen LogP contribution in [0.5, 0.6) is 11.5 Å². The van der Waals surface area contributed by atoms with E-state index in [1.54, 1.807) is 18.5 Å². The minimum atomic E-state index is -0.359. The van der Waals surface area contributed by atoms with Crippen LogP contribution in [-0.4, -0.2) is 29.3 Å². The molecule has 3 N–H and O–H groups in total. The van der Waals surface area contributed by atoms with E-state index in [2.05, 4.69) is 20.6 Å². The number of imidazole rings is 1. The number of rotatable bonds is 6. The van der Waals surface area contributed by atoms with Crippen LogP contribution in [0.3, 0.4) is 0 Å². The van der Waals surface area contributed by atoms with Gasteiger partial charge in [-0.15, -0.1) is 0 Å². The highest BCUT2D eigenvalue weighted by Gasteiger charge is 2.06. The molecular formula is C17H18N4O3. The molecule has 2 aromatic carbocycles. The number of aromatic nitrogens is 2. The topological polar surface area (TPSA) is 88.3 Å². The van der Waals surface area contributed by atoms with E-state index in [0.717, 1.165) is 11.0 Å². The van der Waals surface area contributed by atoms with Gasteiger partial charge in [0.15, 0.2) is 18.2 Å². The molecule has 7 nitrogen and oxygen atoms in total. The molecule has 0 radical (unpaired) electrons. The number of para-hydroxylation sites is 2. The fraction of sp³-hybridized carbons (Fsp3) is 0.176. The van der Waals surface area contributed by atoms with Crippen molar-refractivity contribution in [1.29, 1.82) is 0 Å². The fourth-order valence-electron chi connectivity index (χ4n) is 2.21. The van der Waals surface area contributed by atoms with Gasteiger partial charge >= 0.3 is 6.03 Å². The molecule has 0 saturated heterocycles. The number of aromatic amines is 1. The molecule has 3 rings (SSSR count). The number of carbonyl (C=O) groups is 1. The summed E-state index contributed by atoms with van der Waals surface area (Å²) >= 11 is 0. The van der Waals surface area contributed by atoms with Crippen LogP contribution in [0.25, 0.3) is 11.0 Å². The Kier molecular flexibility index (Phi) is 4.81. The number of anilines is 1. The summed E-state index contributed by atoms with van der Waals surface area (Å²) in [6, 6.07) is 12.4. The van der Waals surface area contributed by atoms with Gasteiger partial charge in [-0.2, -0.15) is 0 Å². The SMILES string of the molecule is CCOc1ccccc1OCNC(=O)Nc1ccc2nc[nH]c2c1. The lowest BCUT2D eigenvalue weighted by molar-refractivity contribution is 0.229. The van der Waals surface area contributed by atoms with Crippen molar-refractivity contribution in [3.05, 3.63) is 48.8 Å². The first-order valence-electron chi connectivity index (χ1n) is 7.59. The Morgan fingerprint density at radius 2 is 1.96 bits per heavy atom. The van der Waals surface area contributed by atoms with Crippen molar-refractivity contribution in [2.75, 3.05) is 18.7 Å². The maximum absolute atomic E-state index is 11.9. The van der Waals surface area contributed by atoms with Crippen molar-refractivity contribution in [2.24, 2.45) is 0 Å². The highest BCUT2D eigenvalue weighted by atomic mass is 16.5. The van der Waals surface area contributed by atoms with Gasteiger partial charge in [-0.25, -0.2) is 9.78 Å². The van der Waals surface area contributed by atoms with Gasteiger partial charge in [0.05, 0.1) is 24.0 Å². The molecule has 0 bridgehead atoms. The third kappa shape index (κ3) is 3.75. The zero-order valence-corrected chi connectivity index (χ0v) is 13.2. The lowest BCUT2D eigenvalue weighted by atomic mass is 10.3. The van der Waals surface area contributed by atoms with E-state index in [1.165, 1.54) is 0 Å². The Morgan fingerprint density at radius 1 is 1.17 bits per heavy atom. The zero-order chi connectivity index (χ0) is 16.8. The number of amides is 2. The van der Waals surface area contributed by atoms with Crippen molar-refractivity contribution < 1.29 is 14.3 Å². The third-order valence-electron chi connectivity index (χ3n) is 3.29. The van der Waals surface area contributed by atoms with Crippen LogP contribution in [0, 0.1) is 0 Å². The number of urea groups is 1. The van der Waals surface area contributed by atoms with E-state index in [0.29, 0.717) is 23.8 Å². The highest BCUT2D eigenvalue weighted by molar-refractivity contribution is 5.91. The summed E-state index contributed by atoms with van der Waals surface area (Å²) in [7, 11) is 0. The number of hydrogen-bond acceptors (Lipinski definition) is 4. The van der Waals surface area contributed by atoms with Crippen LogP contribution in [0.15, 0.2) is 48.8 Å². The first kappa shape index (κ1) is 15.7.